The van der Waals surface area contributed by atoms with Crippen LogP contribution in [0.5, 0.6) is 0 Å². The Balaban J connectivity index is 3.21. The molecule has 0 saturated carbocycles. The summed E-state index contributed by atoms with van der Waals surface area (Å²) in [5.74, 6) is -2.68. The highest BCUT2D eigenvalue weighted by Crippen LogP contribution is 2.26. The molecule has 9 N–H and O–H groups in total. The lowest BCUT2D eigenvalue weighted by atomic mass is 9.92. The van der Waals surface area contributed by atoms with Crippen molar-refractivity contribution in [2.24, 2.45) is 16.5 Å². The van der Waals surface area contributed by atoms with Gasteiger partial charge in [0.2, 0.25) is 11.7 Å². The molecular weight excluding hydrogens is 388 g/mol. The monoisotopic (exact) mass is 418 g/mol. The average Bonchev–Trinajstić information content (AvgIpc) is 2.64. The van der Waals surface area contributed by atoms with Gasteiger partial charge in [-0.1, -0.05) is 0 Å². The van der Waals surface area contributed by atoms with Crippen molar-refractivity contribution < 1.29 is 39.5 Å². The molecule has 0 aromatic heterocycles. The van der Waals surface area contributed by atoms with Crippen molar-refractivity contribution in [3.8, 4) is 0 Å². The molecule has 29 heavy (non-hydrogen) atoms. The number of carboxylic acids is 1. The summed E-state index contributed by atoms with van der Waals surface area (Å²) >= 11 is 0. The Morgan fingerprint density at radius 2 is 2.00 bits per heavy atom. The van der Waals surface area contributed by atoms with Gasteiger partial charge in [0.1, 0.15) is 12.2 Å². The number of aliphatic imine (C=N–C) groups is 1. The quantitative estimate of drug-likeness (QED) is 0.0997. The summed E-state index contributed by atoms with van der Waals surface area (Å²) in [6.07, 6.45) is -0.899. The topological polar surface area (TPSA) is 210 Å². The van der Waals surface area contributed by atoms with E-state index in [4.69, 9.17) is 26.0 Å². The van der Waals surface area contributed by atoms with Gasteiger partial charge in [0.05, 0.1) is 18.7 Å². The SMILES string of the molecule is CC(=O)N[C@H]1[C@H]([C@H](OCCCCCO)[C@H](O)CO)OC(C(=O)O)=C[C@@H]1N=C(N)N. The number of hydrogen-bond donors (Lipinski definition) is 7. The van der Waals surface area contributed by atoms with E-state index in [0.29, 0.717) is 19.3 Å². The van der Waals surface area contributed by atoms with E-state index in [0.717, 1.165) is 6.08 Å². The first-order chi connectivity index (χ1) is 13.7. The van der Waals surface area contributed by atoms with Gasteiger partial charge in [-0.15, -0.1) is 0 Å². The number of aliphatic hydroxyl groups is 3. The van der Waals surface area contributed by atoms with E-state index >= 15 is 0 Å². The number of guanidine groups is 1. The molecule has 1 heterocycles. The number of carbonyl (C=O) groups excluding carboxylic acids is 1. The van der Waals surface area contributed by atoms with Crippen LogP contribution in [0.15, 0.2) is 16.8 Å². The molecule has 1 amide bonds. The van der Waals surface area contributed by atoms with Gasteiger partial charge in [-0.05, 0) is 25.3 Å². The van der Waals surface area contributed by atoms with E-state index in [-0.39, 0.29) is 19.2 Å². The maximum absolute atomic E-state index is 11.7. The molecule has 0 saturated heterocycles. The van der Waals surface area contributed by atoms with Gasteiger partial charge >= 0.3 is 5.97 Å². The van der Waals surface area contributed by atoms with Crippen LogP contribution < -0.4 is 16.8 Å². The molecule has 0 fully saturated rings. The van der Waals surface area contributed by atoms with Gasteiger partial charge in [-0.3, -0.25) is 4.79 Å². The van der Waals surface area contributed by atoms with Crippen LogP contribution >= 0.6 is 0 Å². The number of rotatable bonds is 12. The number of unbranched alkanes of at least 4 members (excludes halogenated alkanes) is 2. The molecule has 166 valence electrons. The van der Waals surface area contributed by atoms with E-state index < -0.39 is 54.6 Å². The number of nitrogens with two attached hydrogens (primary N) is 2. The van der Waals surface area contributed by atoms with Crippen LogP contribution in [0.2, 0.25) is 0 Å². The summed E-state index contributed by atoms with van der Waals surface area (Å²) in [7, 11) is 0. The van der Waals surface area contributed by atoms with E-state index in [1.807, 2.05) is 0 Å². The fourth-order valence-electron chi connectivity index (χ4n) is 2.94. The molecule has 0 aromatic rings. The van der Waals surface area contributed by atoms with Crippen molar-refractivity contribution in [3.05, 3.63) is 11.8 Å². The molecular formula is C17H30N4O8. The Morgan fingerprint density at radius 1 is 1.31 bits per heavy atom. The van der Waals surface area contributed by atoms with Crippen molar-refractivity contribution >= 4 is 17.8 Å². The van der Waals surface area contributed by atoms with Crippen molar-refractivity contribution in [3.63, 3.8) is 0 Å². The van der Waals surface area contributed by atoms with Crippen LogP contribution in [0, 0.1) is 0 Å². The van der Waals surface area contributed by atoms with Crippen LogP contribution in [0.25, 0.3) is 0 Å². The highest BCUT2D eigenvalue weighted by atomic mass is 16.6. The number of ether oxygens (including phenoxy) is 2. The molecule has 12 nitrogen and oxygen atoms in total. The average molecular weight is 418 g/mol. The number of amides is 1. The third-order valence-corrected chi connectivity index (χ3v) is 4.19. The predicted molar refractivity (Wildman–Crippen MR) is 102 cm³/mol. The second-order valence-electron chi connectivity index (χ2n) is 6.56. The summed E-state index contributed by atoms with van der Waals surface area (Å²) in [4.78, 5) is 27.1. The van der Waals surface area contributed by atoms with Gasteiger partial charge < -0.3 is 46.7 Å². The highest BCUT2D eigenvalue weighted by molar-refractivity contribution is 5.85. The number of carboxylic acid groups (broad SMARTS) is 1. The summed E-state index contributed by atoms with van der Waals surface area (Å²) in [5.41, 5.74) is 10.9. The van der Waals surface area contributed by atoms with E-state index in [1.54, 1.807) is 0 Å². The molecule has 0 radical (unpaired) electrons. The predicted octanol–water partition coefficient (Wildman–Crippen LogP) is -2.60. The maximum Gasteiger partial charge on any atom is 0.370 e. The van der Waals surface area contributed by atoms with Gasteiger partial charge in [0.15, 0.2) is 12.1 Å². The Bertz CT molecular complexity index is 608. The third kappa shape index (κ3) is 7.85. The molecule has 1 aliphatic rings. The van der Waals surface area contributed by atoms with Crippen molar-refractivity contribution in [1.82, 2.24) is 5.32 Å². The number of aliphatic carboxylic acids is 1. The third-order valence-electron chi connectivity index (χ3n) is 4.19. The zero-order valence-electron chi connectivity index (χ0n) is 16.2. The zero-order chi connectivity index (χ0) is 22.0. The minimum Gasteiger partial charge on any atom is -0.478 e. The fraction of sp³-hybridized carbons (Fsp3) is 0.706. The van der Waals surface area contributed by atoms with Gasteiger partial charge in [0, 0.05) is 20.1 Å². The Labute approximate surface area is 168 Å². The summed E-state index contributed by atoms with van der Waals surface area (Å²) in [5, 5.41) is 40.5. The number of nitrogens with zero attached hydrogens (tertiary/aromatic N) is 1. The van der Waals surface area contributed by atoms with Gasteiger partial charge in [0.25, 0.3) is 0 Å². The minimum atomic E-state index is -1.43. The standard InChI is InChI=1S/C17H30N4O8/c1-9(24)20-13-10(21-17(18)19)7-12(16(26)27)29-15(13)14(11(25)8-23)28-6-4-2-3-5-22/h7,10-11,13-15,22-23,25H,2-6,8H2,1H3,(H,20,24)(H,26,27)(H4,18,19,21)/t10-,11+,13+,14+,15+/m0/s1. The molecule has 0 spiro atoms. The van der Waals surface area contributed by atoms with Crippen LogP contribution in [-0.4, -0.2) is 88.5 Å². The summed E-state index contributed by atoms with van der Waals surface area (Å²) in [6, 6.07) is -1.97. The maximum atomic E-state index is 11.7. The molecule has 0 aromatic carbocycles. The number of aliphatic hydroxyl groups excluding tert-OH is 3. The second-order valence-corrected chi connectivity index (χ2v) is 6.56. The Hall–Kier alpha value is -2.41. The molecule has 5 atom stereocenters. The molecule has 12 heteroatoms. The number of hydrogen-bond acceptors (Lipinski definition) is 8. The van der Waals surface area contributed by atoms with E-state index in [2.05, 4.69) is 10.3 Å². The lowest BCUT2D eigenvalue weighted by Crippen LogP contribution is -2.60. The Morgan fingerprint density at radius 3 is 2.52 bits per heavy atom. The van der Waals surface area contributed by atoms with Crippen LogP contribution in [-0.2, 0) is 19.1 Å². The van der Waals surface area contributed by atoms with Crippen LogP contribution in [0.4, 0.5) is 0 Å². The highest BCUT2D eigenvalue weighted by Gasteiger charge is 2.45. The lowest BCUT2D eigenvalue weighted by Gasteiger charge is -2.40. The number of nitrogens with one attached hydrogen (secondary N) is 1. The largest absolute Gasteiger partial charge is 0.478 e. The van der Waals surface area contributed by atoms with Crippen molar-refractivity contribution in [1.29, 1.82) is 0 Å². The number of carbonyl (C=O) groups is 2. The van der Waals surface area contributed by atoms with Crippen LogP contribution in [0.3, 0.4) is 0 Å². The first-order valence-electron chi connectivity index (χ1n) is 9.20. The normalized spacial score (nSPS) is 23.3. The zero-order valence-corrected chi connectivity index (χ0v) is 16.2. The van der Waals surface area contributed by atoms with Crippen molar-refractivity contribution in [2.75, 3.05) is 19.8 Å². The van der Waals surface area contributed by atoms with Crippen LogP contribution in [0.1, 0.15) is 26.2 Å². The summed E-state index contributed by atoms with van der Waals surface area (Å²) < 4.78 is 11.2. The molecule has 0 bridgehead atoms. The first kappa shape index (κ1) is 24.6. The van der Waals surface area contributed by atoms with E-state index in [9.17, 15) is 24.9 Å². The molecule has 0 unspecified atom stereocenters. The smallest absolute Gasteiger partial charge is 0.370 e. The molecule has 0 aliphatic carbocycles. The van der Waals surface area contributed by atoms with E-state index in [1.165, 1.54) is 6.92 Å². The molecule has 1 rings (SSSR count). The summed E-state index contributed by atoms with van der Waals surface area (Å²) in [6.45, 7) is 0.736. The second kappa shape index (κ2) is 12.2. The first-order valence-corrected chi connectivity index (χ1v) is 9.20. The van der Waals surface area contributed by atoms with Crippen molar-refractivity contribution in [2.45, 2.75) is 56.6 Å². The fourth-order valence-corrected chi connectivity index (χ4v) is 2.94. The lowest BCUT2D eigenvalue weighted by molar-refractivity contribution is -0.153. The van der Waals surface area contributed by atoms with Gasteiger partial charge in [-0.2, -0.15) is 0 Å². The molecule has 1 aliphatic heterocycles. The Kier molecular flexibility index (Phi) is 10.4. The minimum absolute atomic E-state index is 0.0337. The van der Waals surface area contributed by atoms with Gasteiger partial charge in [-0.25, -0.2) is 9.79 Å².